The van der Waals surface area contributed by atoms with Crippen molar-refractivity contribution in [3.63, 3.8) is 0 Å². The minimum atomic E-state index is -4.60. The van der Waals surface area contributed by atoms with Crippen molar-refractivity contribution in [1.82, 2.24) is 19.7 Å². The van der Waals surface area contributed by atoms with Gasteiger partial charge in [-0.15, -0.1) is 5.10 Å². The zero-order valence-corrected chi connectivity index (χ0v) is 19.2. The average Bonchev–Trinajstić information content (AvgIpc) is 3.26. The summed E-state index contributed by atoms with van der Waals surface area (Å²) in [6, 6.07) is 5.55. The molecule has 1 N–H and O–H groups in total. The summed E-state index contributed by atoms with van der Waals surface area (Å²) in [5, 5.41) is 7.14. The van der Waals surface area contributed by atoms with E-state index in [1.807, 2.05) is 12.1 Å². The van der Waals surface area contributed by atoms with E-state index in [4.69, 9.17) is 9.47 Å². The van der Waals surface area contributed by atoms with Gasteiger partial charge < -0.3 is 19.7 Å². The van der Waals surface area contributed by atoms with Gasteiger partial charge in [0.2, 0.25) is 11.8 Å². The molecule has 1 saturated carbocycles. The number of methoxy groups -OCH3 is 1. The van der Waals surface area contributed by atoms with Gasteiger partial charge in [-0.2, -0.15) is 18.2 Å². The maximum absolute atomic E-state index is 13.5. The first-order chi connectivity index (χ1) is 17.2. The SMILES string of the molecule is COc1cc(N2C[C@H]3CC[C@@H](C2)C3Nc2nc(Oc3cc(F)cc(F)c3)n(CC(F)(F)F)n2)ccn1. The average molecular weight is 510 g/mol. The molecule has 1 aliphatic heterocycles. The molecular formula is C23H23F5N6O2. The van der Waals surface area contributed by atoms with Gasteiger partial charge in [-0.25, -0.2) is 18.4 Å². The molecule has 3 heterocycles. The molecular weight excluding hydrogens is 487 g/mol. The van der Waals surface area contributed by atoms with Crippen molar-refractivity contribution < 1.29 is 31.4 Å². The molecule has 0 radical (unpaired) electrons. The minimum Gasteiger partial charge on any atom is -0.481 e. The van der Waals surface area contributed by atoms with E-state index in [0.29, 0.717) is 16.6 Å². The normalized spacial score (nSPS) is 21.5. The molecule has 1 saturated heterocycles. The van der Waals surface area contributed by atoms with E-state index in [-0.39, 0.29) is 29.6 Å². The number of hydrogen-bond donors (Lipinski definition) is 1. The number of benzene rings is 1. The minimum absolute atomic E-state index is 0.0351. The summed E-state index contributed by atoms with van der Waals surface area (Å²) in [4.78, 5) is 10.5. The van der Waals surface area contributed by atoms with Crippen LogP contribution in [0, 0.1) is 23.5 Å². The quantitative estimate of drug-likeness (QED) is 0.464. The second-order valence-electron chi connectivity index (χ2n) is 8.93. The number of aromatic nitrogens is 4. The Balaban J connectivity index is 1.34. The van der Waals surface area contributed by atoms with E-state index in [2.05, 4.69) is 25.3 Å². The van der Waals surface area contributed by atoms with Crippen molar-refractivity contribution >= 4 is 11.6 Å². The number of hydrogen-bond acceptors (Lipinski definition) is 7. The summed E-state index contributed by atoms with van der Waals surface area (Å²) in [6.45, 7) is -0.00295. The molecule has 0 amide bonds. The number of ether oxygens (including phenoxy) is 2. The third-order valence-electron chi connectivity index (χ3n) is 6.43. The molecule has 13 heteroatoms. The Morgan fingerprint density at radius 1 is 1.06 bits per heavy atom. The van der Waals surface area contributed by atoms with Crippen LogP contribution in [0.5, 0.6) is 17.6 Å². The molecule has 2 bridgehead atoms. The van der Waals surface area contributed by atoms with E-state index in [1.54, 1.807) is 13.3 Å². The molecule has 8 nitrogen and oxygen atoms in total. The van der Waals surface area contributed by atoms with Crippen LogP contribution in [-0.4, -0.2) is 52.2 Å². The lowest BCUT2D eigenvalue weighted by Crippen LogP contribution is -2.48. The predicted octanol–water partition coefficient (Wildman–Crippen LogP) is 4.64. The molecule has 1 unspecified atom stereocenters. The zero-order chi connectivity index (χ0) is 25.4. The fraction of sp³-hybridized carbons (Fsp3) is 0.435. The van der Waals surface area contributed by atoms with Crippen molar-refractivity contribution in [3.05, 3.63) is 48.2 Å². The van der Waals surface area contributed by atoms with Gasteiger partial charge in [-0.05, 0) is 30.7 Å². The Morgan fingerprint density at radius 2 is 1.75 bits per heavy atom. The fourth-order valence-electron chi connectivity index (χ4n) is 4.96. The van der Waals surface area contributed by atoms with Crippen molar-refractivity contribution in [3.8, 4) is 17.6 Å². The number of nitrogens with one attached hydrogen (secondary N) is 1. The first kappa shape index (κ1) is 24.1. The van der Waals surface area contributed by atoms with Crippen molar-refractivity contribution in [1.29, 1.82) is 0 Å². The van der Waals surface area contributed by atoms with Crippen LogP contribution in [0.2, 0.25) is 0 Å². The fourth-order valence-corrected chi connectivity index (χ4v) is 4.96. The van der Waals surface area contributed by atoms with E-state index < -0.39 is 30.4 Å². The topological polar surface area (TPSA) is 77.3 Å². The van der Waals surface area contributed by atoms with Gasteiger partial charge in [0, 0.05) is 55.3 Å². The number of anilines is 2. The summed E-state index contributed by atoms with van der Waals surface area (Å²) >= 11 is 0. The Labute approximate surface area is 203 Å². The molecule has 192 valence electrons. The Morgan fingerprint density at radius 3 is 2.39 bits per heavy atom. The lowest BCUT2D eigenvalue weighted by atomic mass is 9.92. The van der Waals surface area contributed by atoms with Crippen LogP contribution in [0.25, 0.3) is 0 Å². The van der Waals surface area contributed by atoms with Crippen LogP contribution in [0.1, 0.15) is 12.8 Å². The van der Waals surface area contributed by atoms with Gasteiger partial charge in [0.05, 0.1) is 7.11 Å². The van der Waals surface area contributed by atoms with Gasteiger partial charge in [-0.3, -0.25) is 0 Å². The largest absolute Gasteiger partial charge is 0.481 e. The van der Waals surface area contributed by atoms with E-state index in [9.17, 15) is 22.0 Å². The maximum atomic E-state index is 13.5. The number of rotatable bonds is 7. The van der Waals surface area contributed by atoms with Crippen molar-refractivity contribution in [2.45, 2.75) is 31.6 Å². The summed E-state index contributed by atoms with van der Waals surface area (Å²) in [5.41, 5.74) is 0.989. The lowest BCUT2D eigenvalue weighted by molar-refractivity contribution is -0.143. The predicted molar refractivity (Wildman–Crippen MR) is 119 cm³/mol. The van der Waals surface area contributed by atoms with Crippen LogP contribution < -0.4 is 19.7 Å². The number of nitrogens with zero attached hydrogens (tertiary/aromatic N) is 5. The van der Waals surface area contributed by atoms with Crippen LogP contribution in [0.3, 0.4) is 0 Å². The highest BCUT2D eigenvalue weighted by atomic mass is 19.4. The van der Waals surface area contributed by atoms with Crippen molar-refractivity contribution in [2.75, 3.05) is 30.4 Å². The van der Waals surface area contributed by atoms with Gasteiger partial charge >= 0.3 is 12.2 Å². The third kappa shape index (κ3) is 5.29. The summed E-state index contributed by atoms with van der Waals surface area (Å²) in [5.74, 6) is -1.28. The van der Waals surface area contributed by atoms with E-state index in [0.717, 1.165) is 43.8 Å². The van der Waals surface area contributed by atoms with Crippen LogP contribution in [0.4, 0.5) is 33.6 Å². The van der Waals surface area contributed by atoms with Crippen LogP contribution in [-0.2, 0) is 6.54 Å². The highest BCUT2D eigenvalue weighted by molar-refractivity contribution is 5.49. The Kier molecular flexibility index (Phi) is 6.31. The van der Waals surface area contributed by atoms with Crippen LogP contribution in [0.15, 0.2) is 36.5 Å². The lowest BCUT2D eigenvalue weighted by Gasteiger charge is -2.39. The summed E-state index contributed by atoms with van der Waals surface area (Å²) < 4.78 is 77.6. The number of halogens is 5. The molecule has 0 spiro atoms. The molecule has 2 fully saturated rings. The van der Waals surface area contributed by atoms with Gasteiger partial charge in [0.1, 0.15) is 23.9 Å². The monoisotopic (exact) mass is 510 g/mol. The number of fused-ring (bicyclic) bond motifs is 2. The highest BCUT2D eigenvalue weighted by Gasteiger charge is 2.43. The highest BCUT2D eigenvalue weighted by Crippen LogP contribution is 2.40. The molecule has 2 aromatic heterocycles. The summed E-state index contributed by atoms with van der Waals surface area (Å²) in [7, 11) is 1.56. The standard InChI is InChI=1S/C23H23F5N6O2/c1-35-19-9-17(4-5-29-19)33-10-13-2-3-14(11-33)20(13)30-21-31-22(34(32-21)12-23(26,27)28)36-18-7-15(24)6-16(25)8-18/h4-9,13-14,20H,2-3,10-12H2,1H3,(H,30,32)/t13-,14+,20?. The molecule has 5 rings (SSSR count). The Hall–Kier alpha value is -3.64. The first-order valence-electron chi connectivity index (χ1n) is 11.3. The zero-order valence-electron chi connectivity index (χ0n) is 19.2. The first-order valence-corrected chi connectivity index (χ1v) is 11.3. The van der Waals surface area contributed by atoms with Gasteiger partial charge in [0.25, 0.3) is 0 Å². The van der Waals surface area contributed by atoms with E-state index in [1.165, 1.54) is 0 Å². The second kappa shape index (κ2) is 9.43. The smallest absolute Gasteiger partial charge is 0.408 e. The number of piperidine rings is 1. The second-order valence-corrected chi connectivity index (χ2v) is 8.93. The molecule has 2 aliphatic rings. The molecule has 3 atom stereocenters. The third-order valence-corrected chi connectivity index (χ3v) is 6.43. The van der Waals surface area contributed by atoms with Gasteiger partial charge in [-0.1, -0.05) is 0 Å². The molecule has 1 aromatic carbocycles. The van der Waals surface area contributed by atoms with Crippen LogP contribution >= 0.6 is 0 Å². The van der Waals surface area contributed by atoms with E-state index >= 15 is 0 Å². The van der Waals surface area contributed by atoms with Gasteiger partial charge in [0.15, 0.2) is 0 Å². The number of pyridine rings is 1. The molecule has 1 aliphatic carbocycles. The summed E-state index contributed by atoms with van der Waals surface area (Å²) in [6.07, 6.45) is -1.04. The van der Waals surface area contributed by atoms with Crippen molar-refractivity contribution in [2.24, 2.45) is 11.8 Å². The maximum Gasteiger partial charge on any atom is 0.408 e. The molecule has 3 aromatic rings. The number of alkyl halides is 3. The Bertz CT molecular complexity index is 1200. The molecule has 36 heavy (non-hydrogen) atoms.